The van der Waals surface area contributed by atoms with Crippen LogP contribution >= 0.6 is 0 Å². The van der Waals surface area contributed by atoms with Gasteiger partial charge in [-0.15, -0.1) is 0 Å². The van der Waals surface area contributed by atoms with Crippen molar-refractivity contribution in [2.24, 2.45) is 5.92 Å². The Bertz CT molecular complexity index is 651. The molecule has 1 unspecified atom stereocenters. The molecule has 1 aromatic rings. The molecule has 0 bridgehead atoms. The number of aromatic nitrogens is 1. The number of hydrogen-bond acceptors (Lipinski definition) is 5. The lowest BCUT2D eigenvalue weighted by molar-refractivity contribution is -0.143. The fourth-order valence-corrected chi connectivity index (χ4v) is 3.55. The highest BCUT2D eigenvalue weighted by atomic mass is 16.4. The van der Waals surface area contributed by atoms with Gasteiger partial charge >= 0.3 is 5.97 Å². The molecule has 7 heteroatoms. The van der Waals surface area contributed by atoms with Crippen molar-refractivity contribution in [3.05, 3.63) is 29.6 Å². The van der Waals surface area contributed by atoms with Gasteiger partial charge in [-0.3, -0.25) is 24.7 Å². The predicted molar refractivity (Wildman–Crippen MR) is 89.6 cm³/mol. The van der Waals surface area contributed by atoms with Gasteiger partial charge in [0.2, 0.25) is 11.8 Å². The Morgan fingerprint density at radius 3 is 2.56 bits per heavy atom. The van der Waals surface area contributed by atoms with E-state index in [2.05, 4.69) is 15.6 Å². The molecule has 0 radical (unpaired) electrons. The average molecular weight is 345 g/mol. The third-order valence-corrected chi connectivity index (χ3v) is 5.14. The first-order valence-electron chi connectivity index (χ1n) is 8.77. The lowest BCUT2D eigenvalue weighted by Gasteiger charge is -2.27. The van der Waals surface area contributed by atoms with Crippen molar-refractivity contribution in [3.8, 4) is 0 Å². The molecule has 1 aliphatic heterocycles. The second-order valence-corrected chi connectivity index (χ2v) is 6.85. The fraction of sp³-hybridized carbons (Fsp3) is 0.556. The van der Waals surface area contributed by atoms with Crippen molar-refractivity contribution in [1.82, 2.24) is 15.6 Å². The molecular weight excluding hydrogens is 322 g/mol. The molecule has 7 nitrogen and oxygen atoms in total. The number of carboxylic acids is 1. The van der Waals surface area contributed by atoms with Gasteiger partial charge in [-0.25, -0.2) is 0 Å². The van der Waals surface area contributed by atoms with Gasteiger partial charge in [-0.1, -0.05) is 6.07 Å². The second-order valence-electron chi connectivity index (χ2n) is 6.85. The molecule has 1 saturated heterocycles. The zero-order chi connectivity index (χ0) is 17.8. The average Bonchev–Trinajstić information content (AvgIpc) is 2.61. The highest BCUT2D eigenvalue weighted by Gasteiger charge is 2.28. The molecule has 3 rings (SSSR count). The zero-order valence-electron chi connectivity index (χ0n) is 14.0. The quantitative estimate of drug-likeness (QED) is 0.695. The predicted octanol–water partition coefficient (Wildman–Crippen LogP) is 1.33. The molecule has 1 atom stereocenters. The first-order chi connectivity index (χ1) is 12.0. The van der Waals surface area contributed by atoms with E-state index in [1.54, 1.807) is 6.20 Å². The number of pyridine rings is 1. The molecule has 2 fully saturated rings. The van der Waals surface area contributed by atoms with E-state index in [9.17, 15) is 14.4 Å². The van der Waals surface area contributed by atoms with Crippen molar-refractivity contribution in [2.45, 2.75) is 57.0 Å². The molecule has 0 spiro atoms. The summed E-state index contributed by atoms with van der Waals surface area (Å²) in [6, 6.07) is 4.12. The lowest BCUT2D eigenvalue weighted by Crippen LogP contribution is -2.39. The number of amides is 2. The SMILES string of the molecule is O=C1CCC(c2ccc(CNC3CCC(C(=O)O)CC3)nc2)C(=O)N1. The summed E-state index contributed by atoms with van der Waals surface area (Å²) < 4.78 is 0. The van der Waals surface area contributed by atoms with E-state index in [1.165, 1.54) is 0 Å². The third kappa shape index (κ3) is 4.42. The van der Waals surface area contributed by atoms with E-state index in [-0.39, 0.29) is 23.7 Å². The first kappa shape index (κ1) is 17.5. The Morgan fingerprint density at radius 2 is 1.96 bits per heavy atom. The molecule has 1 aromatic heterocycles. The largest absolute Gasteiger partial charge is 0.481 e. The van der Waals surface area contributed by atoms with Crippen molar-refractivity contribution in [2.75, 3.05) is 0 Å². The topological polar surface area (TPSA) is 108 Å². The van der Waals surface area contributed by atoms with Gasteiger partial charge < -0.3 is 10.4 Å². The van der Waals surface area contributed by atoms with Crippen LogP contribution in [0.4, 0.5) is 0 Å². The number of carbonyl (C=O) groups is 3. The number of imide groups is 1. The molecule has 1 aliphatic carbocycles. The number of carboxylic acid groups (broad SMARTS) is 1. The Kier molecular flexibility index (Phi) is 5.43. The summed E-state index contributed by atoms with van der Waals surface area (Å²) in [5.41, 5.74) is 1.71. The van der Waals surface area contributed by atoms with E-state index in [0.29, 0.717) is 25.4 Å². The highest BCUT2D eigenvalue weighted by Crippen LogP contribution is 2.25. The van der Waals surface area contributed by atoms with Gasteiger partial charge in [0.05, 0.1) is 17.5 Å². The van der Waals surface area contributed by atoms with Gasteiger partial charge in [-0.05, 0) is 43.7 Å². The maximum absolute atomic E-state index is 11.9. The van der Waals surface area contributed by atoms with Crippen LogP contribution in [0, 0.1) is 5.92 Å². The maximum Gasteiger partial charge on any atom is 0.306 e. The van der Waals surface area contributed by atoms with Crippen LogP contribution in [0.1, 0.15) is 55.7 Å². The monoisotopic (exact) mass is 345 g/mol. The number of rotatable bonds is 5. The minimum atomic E-state index is -0.691. The van der Waals surface area contributed by atoms with E-state index in [4.69, 9.17) is 5.11 Å². The molecule has 2 amide bonds. The number of hydrogen-bond donors (Lipinski definition) is 3. The van der Waals surface area contributed by atoms with Crippen LogP contribution in [-0.2, 0) is 20.9 Å². The molecule has 0 aromatic carbocycles. The van der Waals surface area contributed by atoms with E-state index >= 15 is 0 Å². The summed E-state index contributed by atoms with van der Waals surface area (Å²) in [5, 5.41) is 14.8. The molecule has 3 N–H and O–H groups in total. The highest BCUT2D eigenvalue weighted by molar-refractivity contribution is 6.00. The van der Waals surface area contributed by atoms with Gasteiger partial charge in [0, 0.05) is 25.2 Å². The Hall–Kier alpha value is -2.28. The van der Waals surface area contributed by atoms with Crippen molar-refractivity contribution in [3.63, 3.8) is 0 Å². The zero-order valence-corrected chi connectivity index (χ0v) is 14.0. The molecule has 2 heterocycles. The van der Waals surface area contributed by atoms with Crippen molar-refractivity contribution < 1.29 is 19.5 Å². The smallest absolute Gasteiger partial charge is 0.306 e. The molecule has 25 heavy (non-hydrogen) atoms. The van der Waals surface area contributed by atoms with Gasteiger partial charge in [0.1, 0.15) is 0 Å². The van der Waals surface area contributed by atoms with Crippen LogP contribution in [0.25, 0.3) is 0 Å². The summed E-state index contributed by atoms with van der Waals surface area (Å²) >= 11 is 0. The van der Waals surface area contributed by atoms with Gasteiger partial charge in [0.15, 0.2) is 0 Å². The molecular formula is C18H23N3O4. The summed E-state index contributed by atoms with van der Waals surface area (Å²) in [6.07, 6.45) is 5.76. The summed E-state index contributed by atoms with van der Waals surface area (Å²) in [5.74, 6) is -1.67. The Balaban J connectivity index is 1.49. The van der Waals surface area contributed by atoms with Crippen LogP contribution in [0.2, 0.25) is 0 Å². The van der Waals surface area contributed by atoms with Crippen LogP contribution in [0.15, 0.2) is 18.3 Å². The third-order valence-electron chi connectivity index (χ3n) is 5.14. The second kappa shape index (κ2) is 7.74. The van der Waals surface area contributed by atoms with E-state index in [0.717, 1.165) is 36.9 Å². The minimum Gasteiger partial charge on any atom is -0.481 e. The number of aliphatic carboxylic acids is 1. The standard InChI is InChI=1S/C18H23N3O4/c22-16-8-7-15(17(23)21-16)12-3-6-14(19-9-12)10-20-13-4-1-11(2-5-13)18(24)25/h3,6,9,11,13,15,20H,1-2,4-5,7-8,10H2,(H,24,25)(H,21,22,23). The molecule has 1 saturated carbocycles. The van der Waals surface area contributed by atoms with Gasteiger partial charge in [-0.2, -0.15) is 0 Å². The van der Waals surface area contributed by atoms with E-state index in [1.807, 2.05) is 12.1 Å². The van der Waals surface area contributed by atoms with Crippen LogP contribution in [-0.4, -0.2) is 33.9 Å². The fourth-order valence-electron chi connectivity index (χ4n) is 3.55. The summed E-state index contributed by atoms with van der Waals surface area (Å²) in [6.45, 7) is 0.623. The van der Waals surface area contributed by atoms with E-state index < -0.39 is 5.97 Å². The maximum atomic E-state index is 11.9. The Labute approximate surface area is 146 Å². The number of carbonyl (C=O) groups excluding carboxylic acids is 2. The van der Waals surface area contributed by atoms with Crippen molar-refractivity contribution in [1.29, 1.82) is 0 Å². The number of piperidine rings is 1. The van der Waals surface area contributed by atoms with Crippen molar-refractivity contribution >= 4 is 17.8 Å². The number of nitrogens with zero attached hydrogens (tertiary/aromatic N) is 1. The van der Waals surface area contributed by atoms with Crippen LogP contribution in [0.3, 0.4) is 0 Å². The lowest BCUT2D eigenvalue weighted by atomic mass is 9.86. The van der Waals surface area contributed by atoms with Gasteiger partial charge in [0.25, 0.3) is 0 Å². The normalized spacial score (nSPS) is 27.0. The first-order valence-corrected chi connectivity index (χ1v) is 8.77. The molecule has 134 valence electrons. The minimum absolute atomic E-state index is 0.205. The van der Waals surface area contributed by atoms with Crippen LogP contribution in [0.5, 0.6) is 0 Å². The number of nitrogens with one attached hydrogen (secondary N) is 2. The van der Waals surface area contributed by atoms with Crippen LogP contribution < -0.4 is 10.6 Å². The summed E-state index contributed by atoms with van der Waals surface area (Å²) in [7, 11) is 0. The summed E-state index contributed by atoms with van der Waals surface area (Å²) in [4.78, 5) is 38.5. The Morgan fingerprint density at radius 1 is 1.20 bits per heavy atom. The molecule has 2 aliphatic rings.